The van der Waals surface area contributed by atoms with Gasteiger partial charge in [-0.3, -0.25) is 0 Å². The lowest BCUT2D eigenvalue weighted by molar-refractivity contribution is 0.544. The van der Waals surface area contributed by atoms with E-state index in [2.05, 4.69) is 46.7 Å². The molecule has 2 aromatic rings. The van der Waals surface area contributed by atoms with Crippen LogP contribution in [0.25, 0.3) is 11.3 Å². The van der Waals surface area contributed by atoms with Crippen molar-refractivity contribution in [2.75, 3.05) is 0 Å². The zero-order valence-corrected chi connectivity index (χ0v) is 13.0. The average molecular weight is 323 g/mol. The van der Waals surface area contributed by atoms with Crippen LogP contribution >= 0.6 is 15.9 Å². The molecule has 0 amide bonds. The van der Waals surface area contributed by atoms with Crippen LogP contribution in [0.3, 0.4) is 0 Å². The number of nitrogens with zero attached hydrogens (tertiary/aromatic N) is 2. The molecule has 0 fully saturated rings. The zero-order chi connectivity index (χ0) is 14.2. The molecule has 0 unspecified atom stereocenters. The van der Waals surface area contributed by atoms with Crippen molar-refractivity contribution >= 4 is 15.9 Å². The van der Waals surface area contributed by atoms with Gasteiger partial charge in [0, 0.05) is 11.0 Å². The van der Waals surface area contributed by atoms with Gasteiger partial charge in [-0.05, 0) is 52.7 Å². The van der Waals surface area contributed by atoms with Crippen molar-refractivity contribution in [1.29, 1.82) is 0 Å². The summed E-state index contributed by atoms with van der Waals surface area (Å²) in [5.74, 6) is 0.562. The van der Waals surface area contributed by atoms with E-state index in [0.29, 0.717) is 5.56 Å². The van der Waals surface area contributed by atoms with E-state index in [1.807, 2.05) is 6.07 Å². The molecular weight excluding hydrogens is 307 g/mol. The molecule has 0 aliphatic carbocycles. The molecule has 4 heteroatoms. The van der Waals surface area contributed by atoms with Crippen molar-refractivity contribution in [2.24, 2.45) is 0 Å². The molecule has 1 aromatic heterocycles. The number of aromatic nitrogens is 2. The van der Waals surface area contributed by atoms with E-state index in [9.17, 15) is 4.39 Å². The van der Waals surface area contributed by atoms with Crippen LogP contribution in [0, 0.1) is 12.7 Å². The number of aryl methyl sites for hydroxylation is 1. The average Bonchev–Trinajstić information content (AvgIpc) is 2.31. The number of hydrogen-bond donors (Lipinski definition) is 0. The maximum Gasteiger partial charge on any atom is 0.135 e. The Kier molecular flexibility index (Phi) is 3.72. The summed E-state index contributed by atoms with van der Waals surface area (Å²) in [6, 6.07) is 6.86. The summed E-state index contributed by atoms with van der Waals surface area (Å²) in [4.78, 5) is 8.98. The minimum atomic E-state index is -0.201. The zero-order valence-electron chi connectivity index (χ0n) is 11.5. The molecule has 2 rings (SSSR count). The van der Waals surface area contributed by atoms with Crippen LogP contribution in [0.2, 0.25) is 0 Å². The third-order valence-corrected chi connectivity index (χ3v) is 3.23. The Morgan fingerprint density at radius 3 is 2.37 bits per heavy atom. The van der Waals surface area contributed by atoms with Gasteiger partial charge in [-0.25, -0.2) is 14.4 Å². The third kappa shape index (κ3) is 3.18. The van der Waals surface area contributed by atoms with Crippen LogP contribution in [-0.2, 0) is 5.41 Å². The first-order valence-corrected chi connectivity index (χ1v) is 6.88. The summed E-state index contributed by atoms with van der Waals surface area (Å²) >= 11 is 3.41. The van der Waals surface area contributed by atoms with Crippen LogP contribution in [-0.4, -0.2) is 9.97 Å². The van der Waals surface area contributed by atoms with Crippen molar-refractivity contribution in [1.82, 2.24) is 9.97 Å². The molecule has 0 saturated carbocycles. The lowest BCUT2D eigenvalue weighted by Gasteiger charge is -2.17. The van der Waals surface area contributed by atoms with Gasteiger partial charge >= 0.3 is 0 Å². The van der Waals surface area contributed by atoms with Crippen LogP contribution in [0.1, 0.15) is 32.2 Å². The van der Waals surface area contributed by atoms with Gasteiger partial charge in [-0.1, -0.05) is 20.8 Å². The number of hydrogen-bond acceptors (Lipinski definition) is 2. The van der Waals surface area contributed by atoms with Gasteiger partial charge in [0.2, 0.25) is 0 Å². The van der Waals surface area contributed by atoms with E-state index in [4.69, 9.17) is 0 Å². The SMILES string of the molecule is Cc1cc(-c2cc(Br)nc(C(C)(C)C)n2)ccc1F. The first-order valence-electron chi connectivity index (χ1n) is 6.09. The predicted molar refractivity (Wildman–Crippen MR) is 78.6 cm³/mol. The van der Waals surface area contributed by atoms with Gasteiger partial charge in [0.15, 0.2) is 0 Å². The number of rotatable bonds is 1. The number of halogens is 2. The highest BCUT2D eigenvalue weighted by molar-refractivity contribution is 9.10. The fraction of sp³-hybridized carbons (Fsp3) is 0.333. The van der Waals surface area contributed by atoms with Crippen molar-refractivity contribution in [3.63, 3.8) is 0 Å². The van der Waals surface area contributed by atoms with Crippen molar-refractivity contribution in [2.45, 2.75) is 33.1 Å². The van der Waals surface area contributed by atoms with Crippen molar-refractivity contribution in [3.05, 3.63) is 46.1 Å². The molecule has 0 bridgehead atoms. The summed E-state index contributed by atoms with van der Waals surface area (Å²) in [5, 5.41) is 0. The molecule has 1 aromatic carbocycles. The van der Waals surface area contributed by atoms with Gasteiger partial charge in [0.1, 0.15) is 16.2 Å². The Morgan fingerprint density at radius 2 is 1.79 bits per heavy atom. The highest BCUT2D eigenvalue weighted by Gasteiger charge is 2.19. The summed E-state index contributed by atoms with van der Waals surface area (Å²) in [6.07, 6.45) is 0. The molecule has 0 aliphatic rings. The predicted octanol–water partition coefficient (Wildman–Crippen LogP) is 4.65. The van der Waals surface area contributed by atoms with Crippen LogP contribution in [0.4, 0.5) is 4.39 Å². The largest absolute Gasteiger partial charge is 0.232 e. The van der Waals surface area contributed by atoms with E-state index < -0.39 is 0 Å². The van der Waals surface area contributed by atoms with E-state index in [1.165, 1.54) is 6.07 Å². The second-order valence-electron chi connectivity index (χ2n) is 5.61. The lowest BCUT2D eigenvalue weighted by Crippen LogP contribution is -2.16. The third-order valence-electron chi connectivity index (χ3n) is 2.82. The van der Waals surface area contributed by atoms with Crippen LogP contribution < -0.4 is 0 Å². The molecule has 0 saturated heterocycles. The van der Waals surface area contributed by atoms with E-state index in [0.717, 1.165) is 21.7 Å². The molecule has 19 heavy (non-hydrogen) atoms. The molecule has 0 atom stereocenters. The summed E-state index contributed by atoms with van der Waals surface area (Å²) < 4.78 is 14.1. The second kappa shape index (κ2) is 5.00. The molecule has 0 radical (unpaired) electrons. The fourth-order valence-corrected chi connectivity index (χ4v) is 2.09. The molecule has 0 aliphatic heterocycles. The first-order chi connectivity index (χ1) is 8.77. The summed E-state index contributed by atoms with van der Waals surface area (Å²) in [6.45, 7) is 7.94. The molecular formula is C15H16BrFN2. The standard InChI is InChI=1S/C15H16BrFN2/c1-9-7-10(5-6-11(9)17)12-8-13(16)19-14(18-12)15(2,3)4/h5-8H,1-4H3. The number of benzene rings is 1. The molecule has 0 N–H and O–H groups in total. The van der Waals surface area contributed by atoms with Gasteiger partial charge in [0.05, 0.1) is 5.69 Å². The van der Waals surface area contributed by atoms with Gasteiger partial charge < -0.3 is 0 Å². The first kappa shape index (κ1) is 14.1. The van der Waals surface area contributed by atoms with Crippen molar-refractivity contribution < 1.29 is 4.39 Å². The van der Waals surface area contributed by atoms with Gasteiger partial charge in [-0.2, -0.15) is 0 Å². The Bertz CT molecular complexity index is 618. The fourth-order valence-electron chi connectivity index (χ4n) is 1.70. The van der Waals surface area contributed by atoms with Gasteiger partial charge in [0.25, 0.3) is 0 Å². The summed E-state index contributed by atoms with van der Waals surface area (Å²) in [7, 11) is 0. The maximum atomic E-state index is 13.3. The maximum absolute atomic E-state index is 13.3. The Labute approximate surface area is 121 Å². The Balaban J connectivity index is 2.56. The van der Waals surface area contributed by atoms with Crippen LogP contribution in [0.15, 0.2) is 28.9 Å². The molecule has 100 valence electrons. The van der Waals surface area contributed by atoms with Gasteiger partial charge in [-0.15, -0.1) is 0 Å². The Morgan fingerprint density at radius 1 is 1.11 bits per heavy atom. The van der Waals surface area contributed by atoms with E-state index in [-0.39, 0.29) is 11.2 Å². The molecule has 2 nitrogen and oxygen atoms in total. The monoisotopic (exact) mass is 322 g/mol. The minimum absolute atomic E-state index is 0.131. The molecule has 0 spiro atoms. The van der Waals surface area contributed by atoms with E-state index in [1.54, 1.807) is 19.1 Å². The normalized spacial score (nSPS) is 11.7. The quantitative estimate of drug-likeness (QED) is 0.714. The Hall–Kier alpha value is -1.29. The topological polar surface area (TPSA) is 25.8 Å². The highest BCUT2D eigenvalue weighted by Crippen LogP contribution is 2.26. The molecule has 1 heterocycles. The summed E-state index contributed by atoms with van der Waals surface area (Å²) in [5.41, 5.74) is 2.18. The smallest absolute Gasteiger partial charge is 0.135 e. The lowest BCUT2D eigenvalue weighted by atomic mass is 9.95. The minimum Gasteiger partial charge on any atom is -0.232 e. The highest BCUT2D eigenvalue weighted by atomic mass is 79.9. The van der Waals surface area contributed by atoms with E-state index >= 15 is 0 Å². The second-order valence-corrected chi connectivity index (χ2v) is 6.43. The van der Waals surface area contributed by atoms with Crippen molar-refractivity contribution in [3.8, 4) is 11.3 Å². The van der Waals surface area contributed by atoms with Crippen LogP contribution in [0.5, 0.6) is 0 Å².